The van der Waals surface area contributed by atoms with Crippen LogP contribution in [0.25, 0.3) is 0 Å². The Balaban J connectivity index is 1.52. The summed E-state index contributed by atoms with van der Waals surface area (Å²) in [6.07, 6.45) is 0. The lowest BCUT2D eigenvalue weighted by Crippen LogP contribution is -2.34. The van der Waals surface area contributed by atoms with Gasteiger partial charge in [0.15, 0.2) is 0 Å². The first-order chi connectivity index (χ1) is 13.0. The summed E-state index contributed by atoms with van der Waals surface area (Å²) in [5.41, 5.74) is 0.483. The van der Waals surface area contributed by atoms with Crippen LogP contribution in [0.3, 0.4) is 0 Å². The van der Waals surface area contributed by atoms with Crippen LogP contribution in [-0.4, -0.2) is 12.2 Å². The maximum absolute atomic E-state index is 13.0. The van der Waals surface area contributed by atoms with Gasteiger partial charge in [-0.25, -0.2) is 4.39 Å². The molecule has 0 unspecified atom stereocenters. The van der Waals surface area contributed by atoms with E-state index in [1.54, 1.807) is 12.1 Å². The molecule has 0 aromatic heterocycles. The third-order valence-electron chi connectivity index (χ3n) is 3.80. The summed E-state index contributed by atoms with van der Waals surface area (Å²) in [6.45, 7) is 4.72. The van der Waals surface area contributed by atoms with Crippen molar-refractivity contribution in [1.82, 2.24) is 0 Å². The van der Waals surface area contributed by atoms with Gasteiger partial charge in [-0.15, -0.1) is 0 Å². The van der Waals surface area contributed by atoms with E-state index < -0.39 is 5.60 Å². The van der Waals surface area contributed by atoms with Crippen LogP contribution in [0.2, 0.25) is 0 Å². The number of para-hydroxylation sites is 1. The maximum atomic E-state index is 13.0. The Bertz CT molecular complexity index is 845. The molecule has 0 aliphatic carbocycles. The van der Waals surface area contributed by atoms with Crippen molar-refractivity contribution >= 4 is 0 Å². The topological polar surface area (TPSA) is 27.7 Å². The Hall–Kier alpha value is -2.85. The largest absolute Gasteiger partial charge is 0.485 e. The fourth-order valence-corrected chi connectivity index (χ4v) is 2.59. The molecule has 0 bridgehead atoms. The summed E-state index contributed by atoms with van der Waals surface area (Å²) in [7, 11) is 0. The van der Waals surface area contributed by atoms with Gasteiger partial charge in [0, 0.05) is 0 Å². The average Bonchev–Trinajstić information content (AvgIpc) is 2.64. The Labute approximate surface area is 159 Å². The second-order valence-electron chi connectivity index (χ2n) is 6.87. The predicted octanol–water partition coefficient (Wildman–Crippen LogP) is 5.99. The third-order valence-corrected chi connectivity index (χ3v) is 3.80. The van der Waals surface area contributed by atoms with E-state index in [4.69, 9.17) is 14.2 Å². The quantitative estimate of drug-likeness (QED) is 0.490. The first kappa shape index (κ1) is 18.9. The van der Waals surface area contributed by atoms with E-state index in [9.17, 15) is 4.39 Å². The zero-order chi connectivity index (χ0) is 19.1. The van der Waals surface area contributed by atoms with E-state index >= 15 is 0 Å². The van der Waals surface area contributed by atoms with Crippen LogP contribution in [-0.2, 0) is 11.3 Å². The summed E-state index contributed by atoms with van der Waals surface area (Å²) in [5, 5.41) is 0. The fourth-order valence-electron chi connectivity index (χ4n) is 2.59. The van der Waals surface area contributed by atoms with Gasteiger partial charge < -0.3 is 14.2 Å². The van der Waals surface area contributed by atoms with Crippen LogP contribution < -0.4 is 9.47 Å². The Morgan fingerprint density at radius 1 is 0.778 bits per heavy atom. The molecule has 0 N–H and O–H groups in total. The van der Waals surface area contributed by atoms with Gasteiger partial charge >= 0.3 is 0 Å². The second-order valence-corrected chi connectivity index (χ2v) is 6.87. The Morgan fingerprint density at radius 2 is 1.48 bits per heavy atom. The molecule has 0 fully saturated rings. The summed E-state index contributed by atoms with van der Waals surface area (Å²) < 4.78 is 30.5. The molecule has 3 nitrogen and oxygen atoms in total. The molecule has 0 aliphatic heterocycles. The Morgan fingerprint density at radius 3 is 2.22 bits per heavy atom. The molecule has 0 amide bonds. The van der Waals surface area contributed by atoms with E-state index in [1.807, 2.05) is 68.4 Å². The van der Waals surface area contributed by atoms with Gasteiger partial charge in [0.05, 0.1) is 13.2 Å². The van der Waals surface area contributed by atoms with Crippen LogP contribution in [0.4, 0.5) is 4.39 Å². The summed E-state index contributed by atoms with van der Waals surface area (Å²) in [5.74, 6) is 1.89. The second kappa shape index (κ2) is 8.69. The highest BCUT2D eigenvalue weighted by molar-refractivity contribution is 5.33. The highest BCUT2D eigenvalue weighted by Gasteiger charge is 2.20. The molecule has 0 spiro atoms. The number of hydrogen-bond donors (Lipinski definition) is 0. The van der Waals surface area contributed by atoms with Gasteiger partial charge in [-0.1, -0.05) is 30.3 Å². The average molecular weight is 366 g/mol. The number of rotatable bonds is 8. The summed E-state index contributed by atoms with van der Waals surface area (Å²) in [4.78, 5) is 0. The molecule has 0 heterocycles. The predicted molar refractivity (Wildman–Crippen MR) is 104 cm³/mol. The van der Waals surface area contributed by atoms with Gasteiger partial charge in [0.2, 0.25) is 0 Å². The normalized spacial score (nSPS) is 11.2. The molecule has 3 aromatic carbocycles. The van der Waals surface area contributed by atoms with Crippen LogP contribution in [0.15, 0.2) is 78.9 Å². The van der Waals surface area contributed by atoms with Gasteiger partial charge in [-0.05, 0) is 67.9 Å². The van der Waals surface area contributed by atoms with Gasteiger partial charge in [0.1, 0.15) is 28.7 Å². The van der Waals surface area contributed by atoms with Gasteiger partial charge in [-0.3, -0.25) is 0 Å². The fraction of sp³-hybridized carbons (Fsp3) is 0.217. The molecular weight excluding hydrogens is 343 g/mol. The summed E-state index contributed by atoms with van der Waals surface area (Å²) in [6, 6.07) is 23.4. The number of benzene rings is 3. The minimum atomic E-state index is -0.532. The van der Waals surface area contributed by atoms with Crippen molar-refractivity contribution < 1.29 is 18.6 Å². The molecule has 140 valence electrons. The minimum Gasteiger partial charge on any atom is -0.485 e. The highest BCUT2D eigenvalue weighted by Crippen LogP contribution is 2.23. The number of halogens is 1. The summed E-state index contributed by atoms with van der Waals surface area (Å²) >= 11 is 0. The highest BCUT2D eigenvalue weighted by atomic mass is 19.1. The number of hydrogen-bond acceptors (Lipinski definition) is 3. The molecule has 0 atom stereocenters. The van der Waals surface area contributed by atoms with Crippen LogP contribution in [0, 0.1) is 5.82 Å². The van der Waals surface area contributed by atoms with Crippen molar-refractivity contribution in [3.63, 3.8) is 0 Å². The van der Waals surface area contributed by atoms with Crippen molar-refractivity contribution in [2.45, 2.75) is 26.1 Å². The minimum absolute atomic E-state index is 0.283. The van der Waals surface area contributed by atoms with Crippen molar-refractivity contribution in [3.8, 4) is 17.2 Å². The van der Waals surface area contributed by atoms with Crippen LogP contribution in [0.5, 0.6) is 17.2 Å². The first-order valence-corrected chi connectivity index (χ1v) is 8.84. The van der Waals surface area contributed by atoms with Crippen LogP contribution >= 0.6 is 0 Å². The van der Waals surface area contributed by atoms with Crippen molar-refractivity contribution in [2.24, 2.45) is 0 Å². The first-order valence-electron chi connectivity index (χ1n) is 8.84. The third kappa shape index (κ3) is 6.12. The lowest BCUT2D eigenvalue weighted by atomic mass is 10.1. The standard InChI is InChI=1S/C23H23FO3/c1-23(2,27-21-13-11-19(24)12-14-21)17-25-16-18-7-6-10-22(15-18)26-20-8-4-3-5-9-20/h3-15H,16-17H2,1-2H3. The monoisotopic (exact) mass is 366 g/mol. The van der Waals surface area contributed by atoms with E-state index in [0.717, 1.165) is 17.1 Å². The molecule has 3 rings (SSSR count). The lowest BCUT2D eigenvalue weighted by Gasteiger charge is -2.26. The maximum Gasteiger partial charge on any atom is 0.127 e. The van der Waals surface area contributed by atoms with E-state index in [2.05, 4.69) is 0 Å². The molecule has 0 radical (unpaired) electrons. The van der Waals surface area contributed by atoms with Crippen molar-refractivity contribution in [1.29, 1.82) is 0 Å². The smallest absolute Gasteiger partial charge is 0.127 e. The molecule has 0 aliphatic rings. The Kier molecular flexibility index (Phi) is 6.09. The number of ether oxygens (including phenoxy) is 3. The van der Waals surface area contributed by atoms with Gasteiger partial charge in [0.25, 0.3) is 0 Å². The van der Waals surface area contributed by atoms with E-state index in [0.29, 0.717) is 19.0 Å². The van der Waals surface area contributed by atoms with Crippen molar-refractivity contribution in [3.05, 3.63) is 90.2 Å². The van der Waals surface area contributed by atoms with Gasteiger partial charge in [-0.2, -0.15) is 0 Å². The van der Waals surface area contributed by atoms with E-state index in [1.165, 1.54) is 12.1 Å². The molecule has 27 heavy (non-hydrogen) atoms. The molecular formula is C23H23FO3. The molecule has 3 aromatic rings. The SMILES string of the molecule is CC(C)(COCc1cccc(Oc2ccccc2)c1)Oc1ccc(F)cc1. The van der Waals surface area contributed by atoms with Crippen molar-refractivity contribution in [2.75, 3.05) is 6.61 Å². The van der Waals surface area contributed by atoms with E-state index in [-0.39, 0.29) is 5.82 Å². The molecule has 0 saturated heterocycles. The molecule has 4 heteroatoms. The zero-order valence-corrected chi connectivity index (χ0v) is 15.5. The lowest BCUT2D eigenvalue weighted by molar-refractivity contribution is -0.0101. The molecule has 0 saturated carbocycles. The zero-order valence-electron chi connectivity index (χ0n) is 15.5. The van der Waals surface area contributed by atoms with Crippen LogP contribution in [0.1, 0.15) is 19.4 Å².